The van der Waals surface area contributed by atoms with Crippen molar-refractivity contribution in [1.82, 2.24) is 9.46 Å². The molecule has 3 aromatic rings. The van der Waals surface area contributed by atoms with Crippen LogP contribution in [-0.2, 0) is 14.8 Å². The van der Waals surface area contributed by atoms with Crippen LogP contribution in [0.15, 0.2) is 45.1 Å². The number of nitrogens with zero attached hydrogens (tertiary/aromatic N) is 2. The highest BCUT2D eigenvalue weighted by Gasteiger charge is 2.37. The number of hydrogen-bond acceptors (Lipinski definition) is 6. The third-order valence-corrected chi connectivity index (χ3v) is 8.63. The van der Waals surface area contributed by atoms with Gasteiger partial charge in [0.1, 0.15) is 5.69 Å². The van der Waals surface area contributed by atoms with Crippen molar-refractivity contribution in [1.29, 1.82) is 0 Å². The molecule has 4 rings (SSSR count). The molecule has 0 radical (unpaired) electrons. The van der Waals surface area contributed by atoms with Crippen molar-refractivity contribution in [3.05, 3.63) is 63.2 Å². The Bertz CT molecular complexity index is 1280. The molecule has 0 spiro atoms. The first-order chi connectivity index (χ1) is 15.8. The van der Waals surface area contributed by atoms with E-state index >= 15 is 0 Å². The summed E-state index contributed by atoms with van der Waals surface area (Å²) in [4.78, 5) is 14.0. The number of hydrogen-bond donors (Lipinski definition) is 1. The van der Waals surface area contributed by atoms with Gasteiger partial charge >= 0.3 is 0 Å². The smallest absolute Gasteiger partial charge is 0.248 e. The van der Waals surface area contributed by atoms with Gasteiger partial charge in [-0.2, -0.15) is 4.31 Å². The summed E-state index contributed by atoms with van der Waals surface area (Å²) in [6, 6.07) is 9.69. The number of carbonyl (C=O) groups is 1. The van der Waals surface area contributed by atoms with Gasteiger partial charge in [-0.15, -0.1) is 11.3 Å². The molecule has 1 N–H and O–H groups in total. The molecule has 1 aromatic carbocycles. The molecule has 0 unspecified atom stereocenters. The molecule has 0 bridgehead atoms. The van der Waals surface area contributed by atoms with Gasteiger partial charge in [-0.3, -0.25) is 4.79 Å². The lowest BCUT2D eigenvalue weighted by molar-refractivity contribution is -0.120. The van der Waals surface area contributed by atoms with Crippen LogP contribution < -0.4 is 5.32 Å². The van der Waals surface area contributed by atoms with E-state index in [1.165, 1.54) is 4.31 Å². The van der Waals surface area contributed by atoms with E-state index in [1.54, 1.807) is 30.4 Å². The quantitative estimate of drug-likeness (QED) is 0.538. The Kier molecular flexibility index (Phi) is 6.83. The lowest BCUT2D eigenvalue weighted by Gasteiger charge is -2.31. The number of thiophene rings is 1. The Morgan fingerprint density at radius 2 is 2.06 bits per heavy atom. The van der Waals surface area contributed by atoms with E-state index in [9.17, 15) is 13.2 Å². The maximum atomic E-state index is 13.5. The first-order valence-corrected chi connectivity index (χ1v) is 13.1. The summed E-state index contributed by atoms with van der Waals surface area (Å²) in [5, 5.41) is 8.81. The van der Waals surface area contributed by atoms with Gasteiger partial charge in [-0.25, -0.2) is 8.42 Å². The number of piperidine rings is 1. The highest BCUT2D eigenvalue weighted by Crippen LogP contribution is 2.30. The summed E-state index contributed by atoms with van der Waals surface area (Å²) in [5.41, 5.74) is 3.16. The average Bonchev–Trinajstić information content (AvgIpc) is 3.44. The van der Waals surface area contributed by atoms with Gasteiger partial charge in [0.15, 0.2) is 10.7 Å². The normalized spacial score (nSPS) is 17.5. The van der Waals surface area contributed by atoms with Crippen LogP contribution in [0.2, 0.25) is 0 Å². The molecule has 1 fully saturated rings. The van der Waals surface area contributed by atoms with E-state index in [4.69, 9.17) is 4.52 Å². The summed E-state index contributed by atoms with van der Waals surface area (Å²) in [7, 11) is -3.87. The minimum absolute atomic E-state index is 0.0609. The third-order valence-electron chi connectivity index (χ3n) is 5.77. The summed E-state index contributed by atoms with van der Waals surface area (Å²) < 4.78 is 33.8. The molecule has 0 saturated carbocycles. The van der Waals surface area contributed by atoms with Crippen LogP contribution in [0.1, 0.15) is 40.3 Å². The van der Waals surface area contributed by atoms with E-state index in [-0.39, 0.29) is 23.1 Å². The largest absolute Gasteiger partial charge is 0.355 e. The van der Waals surface area contributed by atoms with Crippen LogP contribution in [0.25, 0.3) is 12.2 Å². The number of carbonyl (C=O) groups excluding carboxylic acids is 1. The zero-order chi connectivity index (χ0) is 23.6. The number of benzene rings is 1. The molecule has 1 aliphatic heterocycles. The van der Waals surface area contributed by atoms with E-state index in [1.807, 2.05) is 49.6 Å². The molecule has 3 heterocycles. The fourth-order valence-electron chi connectivity index (χ4n) is 4.04. The SMILES string of the molecule is Cc1ccc(NC(=O)[C@H]2CCCN(S(=O)(=O)c3c(C)noc3/C=C/c3cccs3)C2)c(C)c1. The minimum atomic E-state index is -3.87. The molecule has 1 atom stereocenters. The lowest BCUT2D eigenvalue weighted by atomic mass is 9.98. The van der Waals surface area contributed by atoms with Gasteiger partial charge in [0, 0.05) is 23.7 Å². The third kappa shape index (κ3) is 5.10. The van der Waals surface area contributed by atoms with Crippen LogP contribution in [0.3, 0.4) is 0 Å². The lowest BCUT2D eigenvalue weighted by Crippen LogP contribution is -2.44. The molecule has 174 valence electrons. The van der Waals surface area contributed by atoms with Crippen LogP contribution in [0, 0.1) is 26.7 Å². The van der Waals surface area contributed by atoms with Crippen molar-refractivity contribution in [2.45, 2.75) is 38.5 Å². The van der Waals surface area contributed by atoms with Crippen molar-refractivity contribution in [3.63, 3.8) is 0 Å². The van der Waals surface area contributed by atoms with Gasteiger partial charge in [-0.05, 0) is 68.8 Å². The van der Waals surface area contributed by atoms with Crippen molar-refractivity contribution >= 4 is 45.1 Å². The van der Waals surface area contributed by atoms with Crippen LogP contribution in [0.4, 0.5) is 5.69 Å². The molecule has 2 aromatic heterocycles. The Morgan fingerprint density at radius 1 is 1.24 bits per heavy atom. The molecule has 1 aliphatic rings. The van der Waals surface area contributed by atoms with E-state index in [0.717, 1.165) is 21.7 Å². The predicted octanol–water partition coefficient (Wildman–Crippen LogP) is 4.87. The van der Waals surface area contributed by atoms with Crippen molar-refractivity contribution < 1.29 is 17.7 Å². The number of rotatable bonds is 6. The second-order valence-corrected chi connectivity index (χ2v) is 11.2. The van der Waals surface area contributed by atoms with Gasteiger partial charge in [0.05, 0.1) is 5.92 Å². The Balaban J connectivity index is 1.53. The fourth-order valence-corrected chi connectivity index (χ4v) is 6.43. The molecule has 1 saturated heterocycles. The number of aryl methyl sites for hydroxylation is 3. The van der Waals surface area contributed by atoms with Crippen LogP contribution in [0.5, 0.6) is 0 Å². The van der Waals surface area contributed by atoms with Gasteiger partial charge in [0.2, 0.25) is 15.9 Å². The molecule has 33 heavy (non-hydrogen) atoms. The van der Waals surface area contributed by atoms with Crippen LogP contribution >= 0.6 is 11.3 Å². The highest BCUT2D eigenvalue weighted by atomic mass is 32.2. The van der Waals surface area contributed by atoms with Crippen LogP contribution in [-0.4, -0.2) is 36.9 Å². The van der Waals surface area contributed by atoms with Gasteiger partial charge < -0.3 is 9.84 Å². The zero-order valence-corrected chi connectivity index (χ0v) is 20.5. The Morgan fingerprint density at radius 3 is 2.79 bits per heavy atom. The van der Waals surface area contributed by atoms with Crippen molar-refractivity contribution in [2.75, 3.05) is 18.4 Å². The first-order valence-electron chi connectivity index (χ1n) is 10.8. The minimum Gasteiger partial charge on any atom is -0.355 e. The van der Waals surface area contributed by atoms with Crippen molar-refractivity contribution in [2.24, 2.45) is 5.92 Å². The van der Waals surface area contributed by atoms with Gasteiger partial charge in [-0.1, -0.05) is 28.9 Å². The summed E-state index contributed by atoms with van der Waals surface area (Å²) >= 11 is 1.54. The van der Waals surface area contributed by atoms with E-state index in [2.05, 4.69) is 10.5 Å². The summed E-state index contributed by atoms with van der Waals surface area (Å²) in [5.74, 6) is -0.399. The molecule has 1 amide bonds. The number of sulfonamides is 1. The maximum Gasteiger partial charge on any atom is 0.248 e. The Labute approximate surface area is 198 Å². The standard InChI is InChI=1S/C24H27N3O4S2/c1-16-8-10-21(17(2)14-16)25-24(28)19-6-4-12-27(15-19)33(29,30)23-18(3)26-31-22(23)11-9-20-7-5-13-32-20/h5,7-11,13-14,19H,4,6,12,15H2,1-3H3,(H,25,28)/b11-9+/t19-/m0/s1. The summed E-state index contributed by atoms with van der Waals surface area (Å²) in [6.45, 7) is 6.04. The maximum absolute atomic E-state index is 13.5. The number of amides is 1. The average molecular weight is 486 g/mol. The number of anilines is 1. The highest BCUT2D eigenvalue weighted by molar-refractivity contribution is 7.89. The van der Waals surface area contributed by atoms with E-state index < -0.39 is 15.9 Å². The summed E-state index contributed by atoms with van der Waals surface area (Å²) in [6.07, 6.45) is 4.68. The number of nitrogens with one attached hydrogen (secondary N) is 1. The number of aromatic nitrogens is 1. The van der Waals surface area contributed by atoms with Crippen molar-refractivity contribution in [3.8, 4) is 0 Å². The molecule has 9 heteroatoms. The topological polar surface area (TPSA) is 92.5 Å². The fraction of sp³-hybridized carbons (Fsp3) is 0.333. The van der Waals surface area contributed by atoms with Gasteiger partial charge in [0.25, 0.3) is 0 Å². The monoisotopic (exact) mass is 485 g/mol. The zero-order valence-electron chi connectivity index (χ0n) is 18.9. The second-order valence-electron chi connectivity index (χ2n) is 8.32. The van der Waals surface area contributed by atoms with E-state index in [0.29, 0.717) is 25.1 Å². The predicted molar refractivity (Wildman–Crippen MR) is 131 cm³/mol. The molecular formula is C24H27N3O4S2. The Hall–Kier alpha value is -2.75. The molecular weight excluding hydrogens is 458 g/mol. The first kappa shape index (κ1) is 23.4. The molecule has 0 aliphatic carbocycles. The molecule has 7 nitrogen and oxygen atoms in total. The second kappa shape index (κ2) is 9.62.